The van der Waals surface area contributed by atoms with Crippen molar-refractivity contribution in [1.29, 1.82) is 0 Å². The summed E-state index contributed by atoms with van der Waals surface area (Å²) in [5.74, 6) is 3.89. The van der Waals surface area contributed by atoms with Gasteiger partial charge in [0.2, 0.25) is 0 Å². The first-order valence-corrected chi connectivity index (χ1v) is 8.70. The van der Waals surface area contributed by atoms with Crippen molar-refractivity contribution < 1.29 is 4.79 Å². The van der Waals surface area contributed by atoms with Gasteiger partial charge in [0.25, 0.3) is 0 Å². The van der Waals surface area contributed by atoms with Crippen molar-refractivity contribution in [2.45, 2.75) is 65.2 Å². The Balaban J connectivity index is 1.67. The summed E-state index contributed by atoms with van der Waals surface area (Å²) in [6, 6.07) is 0. The van der Waals surface area contributed by atoms with Crippen molar-refractivity contribution in [2.24, 2.45) is 34.5 Å². The van der Waals surface area contributed by atoms with Crippen LogP contribution in [0.2, 0.25) is 0 Å². The molecule has 0 spiro atoms. The molecule has 0 bridgehead atoms. The molecule has 110 valence electrons. The number of hydrogen-bond donors (Lipinski definition) is 0. The molecule has 0 aliphatic heterocycles. The Kier molecular flexibility index (Phi) is 2.76. The van der Waals surface area contributed by atoms with Gasteiger partial charge in [-0.3, -0.25) is 4.79 Å². The fraction of sp³-hybridized carbons (Fsp3) is 0.842. The number of allylic oxidation sites excluding steroid dienone is 2. The molecule has 0 amide bonds. The zero-order valence-corrected chi connectivity index (χ0v) is 13.0. The van der Waals surface area contributed by atoms with Crippen molar-refractivity contribution in [3.63, 3.8) is 0 Å². The molecule has 3 fully saturated rings. The monoisotopic (exact) mass is 272 g/mol. The van der Waals surface area contributed by atoms with E-state index in [9.17, 15) is 4.79 Å². The zero-order valence-electron chi connectivity index (χ0n) is 13.0. The third-order valence-corrected chi connectivity index (χ3v) is 7.78. The number of fused-ring (bicyclic) bond motifs is 5. The minimum atomic E-state index is 0.353. The molecule has 4 aliphatic rings. The first-order chi connectivity index (χ1) is 9.53. The molecule has 0 aromatic carbocycles. The Hall–Kier alpha value is -0.590. The molecule has 20 heavy (non-hydrogen) atoms. The first kappa shape index (κ1) is 13.1. The molecule has 6 atom stereocenters. The van der Waals surface area contributed by atoms with E-state index in [0.29, 0.717) is 22.5 Å². The van der Waals surface area contributed by atoms with Crippen molar-refractivity contribution >= 4 is 5.78 Å². The maximum absolute atomic E-state index is 12.0. The highest BCUT2D eigenvalue weighted by Gasteiger charge is 2.58. The molecule has 1 heteroatoms. The molecule has 0 unspecified atom stereocenters. The van der Waals surface area contributed by atoms with E-state index in [1.165, 1.54) is 38.5 Å². The number of carbonyl (C=O) groups is 1. The first-order valence-electron chi connectivity index (χ1n) is 8.70. The predicted octanol–water partition coefficient (Wildman–Crippen LogP) is 4.76. The highest BCUT2D eigenvalue weighted by molar-refractivity contribution is 5.82. The van der Waals surface area contributed by atoms with Gasteiger partial charge in [-0.25, -0.2) is 0 Å². The topological polar surface area (TPSA) is 17.1 Å². The molecule has 0 aromatic heterocycles. The highest BCUT2D eigenvalue weighted by atomic mass is 16.1. The molecule has 0 aromatic rings. The van der Waals surface area contributed by atoms with Crippen molar-refractivity contribution in [1.82, 2.24) is 0 Å². The average molecular weight is 272 g/mol. The van der Waals surface area contributed by atoms with Gasteiger partial charge in [0.15, 0.2) is 0 Å². The molecular formula is C19H28O. The van der Waals surface area contributed by atoms with Crippen LogP contribution in [0.1, 0.15) is 65.2 Å². The Morgan fingerprint density at radius 1 is 1.10 bits per heavy atom. The maximum atomic E-state index is 12.0. The van der Waals surface area contributed by atoms with Crippen molar-refractivity contribution in [3.05, 3.63) is 12.2 Å². The van der Waals surface area contributed by atoms with Crippen LogP contribution >= 0.6 is 0 Å². The van der Waals surface area contributed by atoms with E-state index in [2.05, 4.69) is 26.0 Å². The summed E-state index contributed by atoms with van der Waals surface area (Å²) in [4.78, 5) is 12.0. The number of carbonyl (C=O) groups excluding carboxylic acids is 1. The fourth-order valence-corrected chi connectivity index (χ4v) is 6.62. The lowest BCUT2D eigenvalue weighted by Gasteiger charge is -2.59. The van der Waals surface area contributed by atoms with Crippen LogP contribution in [0.25, 0.3) is 0 Å². The molecule has 1 nitrogen and oxygen atoms in total. The smallest absolute Gasteiger partial charge is 0.133 e. The summed E-state index contributed by atoms with van der Waals surface area (Å²) in [6.45, 7) is 4.98. The number of Topliss-reactive ketones (excluding diaryl/α,β-unsaturated/α-hetero) is 1. The Labute approximate surface area is 123 Å². The molecule has 3 saturated carbocycles. The molecule has 0 heterocycles. The number of ketones is 1. The molecule has 0 N–H and O–H groups in total. The van der Waals surface area contributed by atoms with Crippen LogP contribution < -0.4 is 0 Å². The normalized spacial score (nSPS) is 54.2. The number of rotatable bonds is 0. The van der Waals surface area contributed by atoms with E-state index in [1.807, 2.05) is 0 Å². The lowest BCUT2D eigenvalue weighted by atomic mass is 9.46. The van der Waals surface area contributed by atoms with E-state index in [4.69, 9.17) is 0 Å². The Morgan fingerprint density at radius 3 is 2.80 bits per heavy atom. The quantitative estimate of drug-likeness (QED) is 0.581. The molecule has 0 radical (unpaired) electrons. The predicted molar refractivity (Wildman–Crippen MR) is 81.3 cm³/mol. The van der Waals surface area contributed by atoms with Gasteiger partial charge in [0, 0.05) is 12.8 Å². The summed E-state index contributed by atoms with van der Waals surface area (Å²) in [6.07, 6.45) is 14.7. The Bertz CT molecular complexity index is 464. The maximum Gasteiger partial charge on any atom is 0.133 e. The SMILES string of the molecule is C[C@]12CC[C@H]3[C@@H](CC[C@H]4CC=CC[C@@]43C)[C@@H]1CC(=O)C2. The van der Waals surface area contributed by atoms with Crippen LogP contribution in [0.3, 0.4) is 0 Å². The van der Waals surface area contributed by atoms with Crippen LogP contribution in [0.15, 0.2) is 12.2 Å². The van der Waals surface area contributed by atoms with Crippen molar-refractivity contribution in [3.8, 4) is 0 Å². The largest absolute Gasteiger partial charge is 0.300 e. The minimum Gasteiger partial charge on any atom is -0.300 e. The summed E-state index contributed by atoms with van der Waals surface area (Å²) in [5, 5.41) is 0. The van der Waals surface area contributed by atoms with E-state index in [-0.39, 0.29) is 0 Å². The van der Waals surface area contributed by atoms with Crippen LogP contribution in [-0.2, 0) is 4.79 Å². The fourth-order valence-electron chi connectivity index (χ4n) is 6.62. The lowest BCUT2D eigenvalue weighted by Crippen LogP contribution is -2.51. The van der Waals surface area contributed by atoms with Gasteiger partial charge in [-0.1, -0.05) is 26.0 Å². The van der Waals surface area contributed by atoms with Gasteiger partial charge < -0.3 is 0 Å². The van der Waals surface area contributed by atoms with E-state index in [1.54, 1.807) is 0 Å². The van der Waals surface area contributed by atoms with E-state index in [0.717, 1.165) is 30.6 Å². The Morgan fingerprint density at radius 2 is 1.95 bits per heavy atom. The average Bonchev–Trinajstić information content (AvgIpc) is 2.72. The van der Waals surface area contributed by atoms with Gasteiger partial charge >= 0.3 is 0 Å². The van der Waals surface area contributed by atoms with Gasteiger partial charge in [0.1, 0.15) is 5.78 Å². The molecule has 0 saturated heterocycles. The summed E-state index contributed by atoms with van der Waals surface area (Å²) in [7, 11) is 0. The van der Waals surface area contributed by atoms with Crippen LogP contribution in [0.5, 0.6) is 0 Å². The molecular weight excluding hydrogens is 244 g/mol. The molecule has 4 aliphatic carbocycles. The second kappa shape index (κ2) is 4.21. The van der Waals surface area contributed by atoms with Crippen LogP contribution in [-0.4, -0.2) is 5.78 Å². The number of hydrogen-bond acceptors (Lipinski definition) is 1. The minimum absolute atomic E-state index is 0.353. The van der Waals surface area contributed by atoms with Gasteiger partial charge in [-0.15, -0.1) is 0 Å². The highest BCUT2D eigenvalue weighted by Crippen LogP contribution is 2.65. The molecule has 4 rings (SSSR count). The van der Waals surface area contributed by atoms with Crippen molar-refractivity contribution in [2.75, 3.05) is 0 Å². The van der Waals surface area contributed by atoms with E-state index >= 15 is 0 Å². The van der Waals surface area contributed by atoms with Gasteiger partial charge in [-0.05, 0) is 73.0 Å². The third-order valence-electron chi connectivity index (χ3n) is 7.78. The standard InChI is InChI=1S/C19H28O/c1-18-10-8-16-15(17(18)11-14(20)12-18)7-6-13-5-3-4-9-19(13,16)2/h3-4,13,15-17H,5-12H2,1-2H3/t13-,15-,16+,17+,18-,19+/m1/s1. The van der Waals surface area contributed by atoms with Gasteiger partial charge in [-0.2, -0.15) is 0 Å². The summed E-state index contributed by atoms with van der Waals surface area (Å²) in [5.41, 5.74) is 0.886. The lowest BCUT2D eigenvalue weighted by molar-refractivity contribution is -0.118. The summed E-state index contributed by atoms with van der Waals surface area (Å²) >= 11 is 0. The van der Waals surface area contributed by atoms with Gasteiger partial charge in [0.05, 0.1) is 0 Å². The second-order valence-electron chi connectivity index (χ2n) is 8.68. The van der Waals surface area contributed by atoms with Crippen LogP contribution in [0, 0.1) is 34.5 Å². The van der Waals surface area contributed by atoms with Crippen LogP contribution in [0.4, 0.5) is 0 Å². The zero-order chi connectivity index (χ0) is 14.0. The van der Waals surface area contributed by atoms with E-state index < -0.39 is 0 Å². The second-order valence-corrected chi connectivity index (χ2v) is 8.68. The third kappa shape index (κ3) is 1.64. The summed E-state index contributed by atoms with van der Waals surface area (Å²) < 4.78 is 0.